The number of hydrogen-bond acceptors (Lipinski definition) is 1. The largest absolute Gasteiger partial charge is 0.380 e. The average Bonchev–Trinajstić information content (AvgIpc) is 2.52. The second-order valence-corrected chi connectivity index (χ2v) is 6.16. The summed E-state index contributed by atoms with van der Waals surface area (Å²) in [5, 5.41) is 3.75. The van der Waals surface area contributed by atoms with Gasteiger partial charge in [0.25, 0.3) is 0 Å². The van der Waals surface area contributed by atoms with Gasteiger partial charge in [0, 0.05) is 11.1 Å². The number of hydrogen-bond donors (Lipinski definition) is 1. The van der Waals surface area contributed by atoms with Crippen LogP contribution in [0.5, 0.6) is 0 Å². The van der Waals surface area contributed by atoms with E-state index in [2.05, 4.69) is 35.6 Å². The van der Waals surface area contributed by atoms with E-state index in [9.17, 15) is 4.39 Å². The summed E-state index contributed by atoms with van der Waals surface area (Å²) >= 11 is 5.78. The molecule has 0 radical (unpaired) electrons. The number of nitrogens with one attached hydrogen (secondary N) is 1. The molecule has 0 spiro atoms. The van der Waals surface area contributed by atoms with Crippen molar-refractivity contribution in [1.82, 2.24) is 0 Å². The monoisotopic (exact) mass is 303 g/mol. The molecule has 3 heteroatoms. The molecule has 0 unspecified atom stereocenters. The van der Waals surface area contributed by atoms with E-state index in [1.54, 1.807) is 12.1 Å². The third-order valence-corrected chi connectivity index (χ3v) is 4.52. The predicted octanol–water partition coefficient (Wildman–Crippen LogP) is 5.62. The first-order valence-electron chi connectivity index (χ1n) is 7.49. The van der Waals surface area contributed by atoms with E-state index in [0.29, 0.717) is 22.7 Å². The number of benzene rings is 2. The Labute approximate surface area is 130 Å². The number of halogens is 2. The summed E-state index contributed by atoms with van der Waals surface area (Å²) in [6.07, 6.45) is 4.44. The molecule has 0 amide bonds. The summed E-state index contributed by atoms with van der Waals surface area (Å²) in [4.78, 5) is 0. The minimum absolute atomic E-state index is 0.271. The van der Waals surface area contributed by atoms with Gasteiger partial charge in [-0.05, 0) is 55.4 Å². The molecule has 1 aliphatic rings. The molecule has 0 aliphatic heterocycles. The Morgan fingerprint density at radius 3 is 2.33 bits per heavy atom. The van der Waals surface area contributed by atoms with Crippen molar-refractivity contribution in [2.45, 2.75) is 37.6 Å². The van der Waals surface area contributed by atoms with Crippen LogP contribution in [-0.4, -0.2) is 6.04 Å². The van der Waals surface area contributed by atoms with Gasteiger partial charge in [-0.15, -0.1) is 0 Å². The Morgan fingerprint density at radius 1 is 0.952 bits per heavy atom. The average molecular weight is 304 g/mol. The van der Waals surface area contributed by atoms with Gasteiger partial charge in [-0.1, -0.05) is 41.9 Å². The highest BCUT2D eigenvalue weighted by Crippen LogP contribution is 2.34. The first kappa shape index (κ1) is 14.4. The van der Waals surface area contributed by atoms with Crippen molar-refractivity contribution in [3.05, 3.63) is 64.9 Å². The maximum absolute atomic E-state index is 13.8. The molecule has 1 nitrogen and oxygen atoms in total. The third kappa shape index (κ3) is 3.56. The van der Waals surface area contributed by atoms with Crippen molar-refractivity contribution in [3.63, 3.8) is 0 Å². The molecule has 1 aliphatic carbocycles. The molecule has 0 saturated heterocycles. The summed E-state index contributed by atoms with van der Waals surface area (Å²) in [5.41, 5.74) is 1.98. The first-order chi connectivity index (χ1) is 10.2. The van der Waals surface area contributed by atoms with Gasteiger partial charge in [0.15, 0.2) is 0 Å². The van der Waals surface area contributed by atoms with Crippen LogP contribution in [0.3, 0.4) is 0 Å². The van der Waals surface area contributed by atoms with E-state index in [1.165, 1.54) is 11.6 Å². The fourth-order valence-corrected chi connectivity index (χ4v) is 3.28. The van der Waals surface area contributed by atoms with Crippen LogP contribution in [0.1, 0.15) is 37.2 Å². The molecule has 110 valence electrons. The van der Waals surface area contributed by atoms with Crippen molar-refractivity contribution >= 4 is 17.3 Å². The van der Waals surface area contributed by atoms with Gasteiger partial charge in [0.05, 0.1) is 5.69 Å². The molecule has 0 aromatic heterocycles. The first-order valence-corrected chi connectivity index (χ1v) is 7.86. The van der Waals surface area contributed by atoms with E-state index in [1.807, 2.05) is 0 Å². The van der Waals surface area contributed by atoms with E-state index in [4.69, 9.17) is 11.6 Å². The number of rotatable bonds is 3. The zero-order valence-corrected chi connectivity index (χ0v) is 12.6. The molecule has 2 aromatic rings. The molecule has 1 N–H and O–H groups in total. The lowest BCUT2D eigenvalue weighted by molar-refractivity contribution is 0.411. The van der Waals surface area contributed by atoms with Crippen LogP contribution in [0.25, 0.3) is 0 Å². The topological polar surface area (TPSA) is 12.0 Å². The van der Waals surface area contributed by atoms with Crippen LogP contribution >= 0.6 is 11.6 Å². The fourth-order valence-electron chi connectivity index (χ4n) is 3.12. The second-order valence-electron chi connectivity index (χ2n) is 5.73. The van der Waals surface area contributed by atoms with Gasteiger partial charge in [-0.2, -0.15) is 0 Å². The maximum atomic E-state index is 13.8. The molecular formula is C18H19ClFN. The van der Waals surface area contributed by atoms with Crippen molar-refractivity contribution in [2.75, 3.05) is 5.32 Å². The van der Waals surface area contributed by atoms with Gasteiger partial charge in [-0.25, -0.2) is 4.39 Å². The molecule has 0 atom stereocenters. The van der Waals surface area contributed by atoms with Gasteiger partial charge in [0.1, 0.15) is 5.82 Å². The van der Waals surface area contributed by atoms with Gasteiger partial charge in [-0.3, -0.25) is 0 Å². The third-order valence-electron chi connectivity index (χ3n) is 4.29. The summed E-state index contributed by atoms with van der Waals surface area (Å²) in [7, 11) is 0. The Hall–Kier alpha value is -1.54. The molecule has 0 heterocycles. The highest BCUT2D eigenvalue weighted by molar-refractivity contribution is 6.30. The standard InChI is InChI=1S/C18H19ClFN/c19-15-8-11-18(17(20)12-15)21-16-9-6-14(7-10-16)13-4-2-1-3-5-13/h1-5,8,11-12,14,16,21H,6-7,9-10H2. The summed E-state index contributed by atoms with van der Waals surface area (Å²) in [6, 6.07) is 15.8. The van der Waals surface area contributed by atoms with Gasteiger partial charge >= 0.3 is 0 Å². The Morgan fingerprint density at radius 2 is 1.67 bits per heavy atom. The second kappa shape index (κ2) is 6.48. The van der Waals surface area contributed by atoms with E-state index in [-0.39, 0.29) is 5.82 Å². The Bertz CT molecular complexity index is 591. The summed E-state index contributed by atoms with van der Waals surface area (Å²) < 4.78 is 13.8. The SMILES string of the molecule is Fc1cc(Cl)ccc1NC1CCC(c2ccccc2)CC1. The van der Waals surface area contributed by atoms with Crippen molar-refractivity contribution in [3.8, 4) is 0 Å². The smallest absolute Gasteiger partial charge is 0.147 e. The molecule has 0 bridgehead atoms. The van der Waals surface area contributed by atoms with Crippen LogP contribution in [-0.2, 0) is 0 Å². The van der Waals surface area contributed by atoms with Crippen molar-refractivity contribution < 1.29 is 4.39 Å². The number of anilines is 1. The molecule has 3 rings (SSSR count). The predicted molar refractivity (Wildman–Crippen MR) is 86.5 cm³/mol. The van der Waals surface area contributed by atoms with Crippen LogP contribution in [0.4, 0.5) is 10.1 Å². The minimum atomic E-state index is -0.271. The van der Waals surface area contributed by atoms with Crippen LogP contribution < -0.4 is 5.32 Å². The molecule has 21 heavy (non-hydrogen) atoms. The highest BCUT2D eigenvalue weighted by atomic mass is 35.5. The fraction of sp³-hybridized carbons (Fsp3) is 0.333. The molecular weight excluding hydrogens is 285 g/mol. The molecule has 1 saturated carbocycles. The lowest BCUT2D eigenvalue weighted by Crippen LogP contribution is -2.25. The van der Waals surface area contributed by atoms with Crippen LogP contribution in [0, 0.1) is 5.82 Å². The lowest BCUT2D eigenvalue weighted by Gasteiger charge is -2.30. The Kier molecular flexibility index (Phi) is 4.45. The highest BCUT2D eigenvalue weighted by Gasteiger charge is 2.22. The van der Waals surface area contributed by atoms with Crippen molar-refractivity contribution in [1.29, 1.82) is 0 Å². The van der Waals surface area contributed by atoms with E-state index in [0.717, 1.165) is 25.7 Å². The zero-order valence-electron chi connectivity index (χ0n) is 11.9. The minimum Gasteiger partial charge on any atom is -0.380 e. The van der Waals surface area contributed by atoms with Gasteiger partial charge in [0.2, 0.25) is 0 Å². The maximum Gasteiger partial charge on any atom is 0.147 e. The van der Waals surface area contributed by atoms with E-state index >= 15 is 0 Å². The van der Waals surface area contributed by atoms with Crippen molar-refractivity contribution in [2.24, 2.45) is 0 Å². The Balaban J connectivity index is 1.59. The van der Waals surface area contributed by atoms with E-state index < -0.39 is 0 Å². The lowest BCUT2D eigenvalue weighted by atomic mass is 9.82. The summed E-state index contributed by atoms with van der Waals surface area (Å²) in [5.74, 6) is 0.368. The van der Waals surface area contributed by atoms with Crippen LogP contribution in [0.2, 0.25) is 5.02 Å². The van der Waals surface area contributed by atoms with Gasteiger partial charge < -0.3 is 5.32 Å². The molecule has 1 fully saturated rings. The summed E-state index contributed by atoms with van der Waals surface area (Å²) in [6.45, 7) is 0. The van der Waals surface area contributed by atoms with Crippen LogP contribution in [0.15, 0.2) is 48.5 Å². The quantitative estimate of drug-likeness (QED) is 0.776. The molecule has 2 aromatic carbocycles. The zero-order chi connectivity index (χ0) is 14.7. The normalized spacial score (nSPS) is 22.0.